The SMILES string of the molecule is C=C(C)CN(CC)C(=O)c1ccccc1SC(C)C(=O)O. The van der Waals surface area contributed by atoms with Crippen LogP contribution in [0.2, 0.25) is 0 Å². The molecule has 0 saturated heterocycles. The first-order valence-corrected chi connectivity index (χ1v) is 7.66. The minimum atomic E-state index is -0.892. The minimum Gasteiger partial charge on any atom is -0.480 e. The Labute approximate surface area is 129 Å². The fourth-order valence-electron chi connectivity index (χ4n) is 1.81. The largest absolute Gasteiger partial charge is 0.480 e. The Balaban J connectivity index is 3.03. The summed E-state index contributed by atoms with van der Waals surface area (Å²) in [5.74, 6) is -0.988. The van der Waals surface area contributed by atoms with Gasteiger partial charge in [-0.1, -0.05) is 24.3 Å². The Kier molecular flexibility index (Phi) is 6.49. The third-order valence-corrected chi connectivity index (χ3v) is 4.06. The van der Waals surface area contributed by atoms with Gasteiger partial charge in [0.15, 0.2) is 0 Å². The number of carbonyl (C=O) groups excluding carboxylic acids is 1. The van der Waals surface area contributed by atoms with Crippen molar-refractivity contribution in [2.75, 3.05) is 13.1 Å². The van der Waals surface area contributed by atoms with Crippen molar-refractivity contribution in [3.05, 3.63) is 42.0 Å². The number of carbonyl (C=O) groups is 2. The van der Waals surface area contributed by atoms with Crippen LogP contribution in [0.4, 0.5) is 0 Å². The van der Waals surface area contributed by atoms with Gasteiger partial charge < -0.3 is 10.0 Å². The molecule has 0 aromatic heterocycles. The maximum Gasteiger partial charge on any atom is 0.316 e. The van der Waals surface area contributed by atoms with E-state index in [4.69, 9.17) is 5.11 Å². The fourth-order valence-corrected chi connectivity index (χ4v) is 2.73. The van der Waals surface area contributed by atoms with E-state index >= 15 is 0 Å². The molecular formula is C16H21NO3S. The lowest BCUT2D eigenvalue weighted by molar-refractivity contribution is -0.136. The zero-order valence-corrected chi connectivity index (χ0v) is 13.4. The zero-order valence-electron chi connectivity index (χ0n) is 12.6. The molecule has 1 aromatic rings. The van der Waals surface area contributed by atoms with E-state index in [0.29, 0.717) is 23.5 Å². The van der Waals surface area contributed by atoms with Gasteiger partial charge in [0.25, 0.3) is 5.91 Å². The van der Waals surface area contributed by atoms with Crippen LogP contribution >= 0.6 is 11.8 Å². The lowest BCUT2D eigenvalue weighted by Crippen LogP contribution is -2.32. The van der Waals surface area contributed by atoms with Crippen LogP contribution in [0.1, 0.15) is 31.1 Å². The third-order valence-electron chi connectivity index (χ3n) is 2.90. The highest BCUT2D eigenvalue weighted by Crippen LogP contribution is 2.28. The van der Waals surface area contributed by atoms with Gasteiger partial charge in [0.2, 0.25) is 0 Å². The van der Waals surface area contributed by atoms with Crippen molar-refractivity contribution in [1.82, 2.24) is 4.90 Å². The molecule has 5 heteroatoms. The summed E-state index contributed by atoms with van der Waals surface area (Å²) in [6.45, 7) is 10.3. The van der Waals surface area contributed by atoms with Crippen LogP contribution in [-0.4, -0.2) is 40.2 Å². The van der Waals surface area contributed by atoms with Crippen molar-refractivity contribution in [2.45, 2.75) is 30.9 Å². The van der Waals surface area contributed by atoms with Gasteiger partial charge in [0, 0.05) is 18.0 Å². The van der Waals surface area contributed by atoms with E-state index in [1.165, 1.54) is 11.8 Å². The van der Waals surface area contributed by atoms with Gasteiger partial charge >= 0.3 is 5.97 Å². The summed E-state index contributed by atoms with van der Waals surface area (Å²) in [6.07, 6.45) is 0. The summed E-state index contributed by atoms with van der Waals surface area (Å²) in [5.41, 5.74) is 1.45. The molecule has 114 valence electrons. The molecule has 4 nitrogen and oxygen atoms in total. The minimum absolute atomic E-state index is 0.0961. The van der Waals surface area contributed by atoms with E-state index < -0.39 is 11.2 Å². The van der Waals surface area contributed by atoms with Crippen molar-refractivity contribution in [2.24, 2.45) is 0 Å². The molecule has 0 aliphatic rings. The molecule has 0 saturated carbocycles. The molecule has 21 heavy (non-hydrogen) atoms. The maximum absolute atomic E-state index is 12.6. The second-order valence-electron chi connectivity index (χ2n) is 4.87. The average molecular weight is 307 g/mol. The number of likely N-dealkylation sites (N-methyl/N-ethyl adjacent to an activating group) is 1. The van der Waals surface area contributed by atoms with Crippen molar-refractivity contribution in [3.8, 4) is 0 Å². The topological polar surface area (TPSA) is 57.6 Å². The predicted octanol–water partition coefficient (Wildman–Crippen LogP) is 3.29. The molecule has 0 aliphatic carbocycles. The van der Waals surface area contributed by atoms with Gasteiger partial charge in [-0.05, 0) is 32.9 Å². The standard InChI is InChI=1S/C16H21NO3S/c1-5-17(10-11(2)3)15(18)13-8-6-7-9-14(13)21-12(4)16(19)20/h6-9,12H,2,5,10H2,1,3-4H3,(H,19,20). The Bertz CT molecular complexity index is 542. The molecule has 0 aliphatic heterocycles. The number of thioether (sulfide) groups is 1. The molecule has 0 radical (unpaired) electrons. The molecule has 1 atom stereocenters. The summed E-state index contributed by atoms with van der Waals surface area (Å²) >= 11 is 1.18. The highest BCUT2D eigenvalue weighted by molar-refractivity contribution is 8.00. The highest BCUT2D eigenvalue weighted by atomic mass is 32.2. The number of carboxylic acids is 1. The summed E-state index contributed by atoms with van der Waals surface area (Å²) in [6, 6.07) is 7.12. The quantitative estimate of drug-likeness (QED) is 0.620. The van der Waals surface area contributed by atoms with E-state index in [2.05, 4.69) is 6.58 Å². The lowest BCUT2D eigenvalue weighted by atomic mass is 10.2. The fraction of sp³-hybridized carbons (Fsp3) is 0.375. The number of hydrogen-bond acceptors (Lipinski definition) is 3. The molecule has 0 fully saturated rings. The molecule has 0 spiro atoms. The van der Waals surface area contributed by atoms with Crippen LogP contribution < -0.4 is 0 Å². The monoisotopic (exact) mass is 307 g/mol. The van der Waals surface area contributed by atoms with Crippen LogP contribution in [0, 0.1) is 0 Å². The number of benzene rings is 1. The number of amides is 1. The predicted molar refractivity (Wildman–Crippen MR) is 85.8 cm³/mol. The summed E-state index contributed by atoms with van der Waals surface area (Å²) in [5, 5.41) is 8.42. The number of rotatable bonds is 7. The Morgan fingerprint density at radius 1 is 1.38 bits per heavy atom. The normalized spacial score (nSPS) is 11.8. The van der Waals surface area contributed by atoms with E-state index in [-0.39, 0.29) is 5.91 Å². The average Bonchev–Trinajstić information content (AvgIpc) is 2.44. The van der Waals surface area contributed by atoms with Crippen molar-refractivity contribution >= 4 is 23.6 Å². The van der Waals surface area contributed by atoms with Crippen molar-refractivity contribution in [1.29, 1.82) is 0 Å². The molecule has 0 bridgehead atoms. The first-order chi connectivity index (χ1) is 9.86. The zero-order chi connectivity index (χ0) is 16.0. The van der Waals surface area contributed by atoms with Gasteiger partial charge in [-0.2, -0.15) is 0 Å². The summed E-state index contributed by atoms with van der Waals surface area (Å²) < 4.78 is 0. The van der Waals surface area contributed by atoms with Gasteiger partial charge in [-0.15, -0.1) is 11.8 Å². The van der Waals surface area contributed by atoms with E-state index in [1.807, 2.05) is 19.9 Å². The van der Waals surface area contributed by atoms with Crippen LogP contribution in [0.25, 0.3) is 0 Å². The van der Waals surface area contributed by atoms with E-state index in [1.54, 1.807) is 30.0 Å². The third kappa shape index (κ3) is 4.93. The second-order valence-corrected chi connectivity index (χ2v) is 6.25. The number of aliphatic carboxylic acids is 1. The van der Waals surface area contributed by atoms with Crippen LogP contribution in [0.5, 0.6) is 0 Å². The molecule has 1 rings (SSSR count). The molecule has 0 heterocycles. The Morgan fingerprint density at radius 2 is 2.00 bits per heavy atom. The first kappa shape index (κ1) is 17.3. The van der Waals surface area contributed by atoms with Gasteiger partial charge in [-0.25, -0.2) is 0 Å². The maximum atomic E-state index is 12.6. The molecule has 1 N–H and O–H groups in total. The van der Waals surface area contributed by atoms with Gasteiger partial charge in [0.05, 0.1) is 5.56 Å². The van der Waals surface area contributed by atoms with Gasteiger partial charge in [-0.3, -0.25) is 9.59 Å². The van der Waals surface area contributed by atoms with Gasteiger partial charge in [0.1, 0.15) is 5.25 Å². The van der Waals surface area contributed by atoms with Crippen LogP contribution in [-0.2, 0) is 4.79 Å². The number of carboxylic acid groups (broad SMARTS) is 1. The number of hydrogen-bond donors (Lipinski definition) is 1. The second kappa shape index (κ2) is 7.88. The molecule has 1 aromatic carbocycles. The van der Waals surface area contributed by atoms with E-state index in [9.17, 15) is 9.59 Å². The summed E-state index contributed by atoms with van der Waals surface area (Å²) in [4.78, 5) is 26.0. The molecular weight excluding hydrogens is 286 g/mol. The summed E-state index contributed by atoms with van der Waals surface area (Å²) in [7, 11) is 0. The smallest absolute Gasteiger partial charge is 0.316 e. The lowest BCUT2D eigenvalue weighted by Gasteiger charge is -2.22. The van der Waals surface area contributed by atoms with E-state index in [0.717, 1.165) is 5.57 Å². The Hall–Kier alpha value is -1.75. The Morgan fingerprint density at radius 3 is 2.52 bits per heavy atom. The van der Waals surface area contributed by atoms with Crippen LogP contribution in [0.3, 0.4) is 0 Å². The molecule has 1 unspecified atom stereocenters. The highest BCUT2D eigenvalue weighted by Gasteiger charge is 2.20. The van der Waals surface area contributed by atoms with Crippen LogP contribution in [0.15, 0.2) is 41.3 Å². The first-order valence-electron chi connectivity index (χ1n) is 6.79. The molecule has 1 amide bonds. The van der Waals surface area contributed by atoms with Crippen molar-refractivity contribution < 1.29 is 14.7 Å². The number of nitrogens with zero attached hydrogens (tertiary/aromatic N) is 1. The van der Waals surface area contributed by atoms with Crippen molar-refractivity contribution in [3.63, 3.8) is 0 Å².